The molecule has 14 heteroatoms. The summed E-state index contributed by atoms with van der Waals surface area (Å²) in [6, 6.07) is 0. The zero-order valence-electron chi connectivity index (χ0n) is 27.2. The molecule has 14 nitrogen and oxygen atoms in total. The van der Waals surface area contributed by atoms with Crippen LogP contribution in [0.15, 0.2) is 24.0 Å². The second-order valence-electron chi connectivity index (χ2n) is 15.0. The normalized spacial score (nSPS) is 56.1. The van der Waals surface area contributed by atoms with Crippen LogP contribution in [0, 0.1) is 34.0 Å². The average molecular weight is 663 g/mol. The third kappa shape index (κ3) is 3.29. The molecule has 16 atom stereocenters. The van der Waals surface area contributed by atoms with E-state index in [4.69, 9.17) is 37.9 Å². The highest BCUT2D eigenvalue weighted by molar-refractivity contribution is 5.88. The number of rotatable bonds is 5. The fraction of sp³-hybridized carbons (Fsp3) is 0.788. The molecule has 0 radical (unpaired) electrons. The lowest BCUT2D eigenvalue weighted by molar-refractivity contribution is -0.302. The largest absolute Gasteiger partial charge is 0.469 e. The molecule has 0 aromatic carbocycles. The smallest absolute Gasteiger partial charge is 0.333 e. The van der Waals surface area contributed by atoms with Gasteiger partial charge in [0, 0.05) is 47.5 Å². The third-order valence-corrected chi connectivity index (χ3v) is 13.6. The topological polar surface area (TPSA) is 189 Å². The van der Waals surface area contributed by atoms with Gasteiger partial charge in [0.25, 0.3) is 0 Å². The monoisotopic (exact) mass is 662 g/mol. The van der Waals surface area contributed by atoms with Crippen molar-refractivity contribution in [1.82, 2.24) is 0 Å². The molecule has 1 spiro atoms. The summed E-state index contributed by atoms with van der Waals surface area (Å²) < 4.78 is 48.7. The van der Waals surface area contributed by atoms with Crippen LogP contribution in [0.4, 0.5) is 0 Å². The first-order chi connectivity index (χ1) is 22.1. The molecular formula is C33H42O14. The van der Waals surface area contributed by atoms with Gasteiger partial charge in [-0.3, -0.25) is 9.59 Å². The number of epoxide rings is 1. The predicted octanol–water partition coefficient (Wildman–Crippen LogP) is 0.254. The van der Waals surface area contributed by atoms with E-state index in [1.165, 1.54) is 20.3 Å². The van der Waals surface area contributed by atoms with Crippen LogP contribution in [0.2, 0.25) is 0 Å². The highest BCUT2D eigenvalue weighted by atomic mass is 16.7. The van der Waals surface area contributed by atoms with Gasteiger partial charge in [0.05, 0.1) is 44.9 Å². The van der Waals surface area contributed by atoms with Crippen LogP contribution in [0.5, 0.6) is 0 Å². The number of ether oxygens (including phenoxy) is 8. The molecular weight excluding hydrogens is 620 g/mol. The first-order valence-electron chi connectivity index (χ1n) is 16.2. The standard InChI is InChI=1S/C33H42O14/c1-7-14(2)24(36)45-17-11-18(44-15(3)34)31(26(38)40-6)13-42-20-21(31)30(17)12-43-25(37)22(30)28(4,23(20)35)33-19-10-16(29(33,5)47-33)32(39)8-9-41-27(32)46-19/h7-9,16-23,25,27,35,37,39H,10-13H2,1-6H3/b14-7+/t16-,17+,18-,19+,20-,21-,22+,23-,25-,27+,28+,29+,30+,31+,32+,33+/m1/s1. The van der Waals surface area contributed by atoms with Gasteiger partial charge in [-0.1, -0.05) is 13.0 Å². The Hall–Kier alpha value is -2.59. The molecule has 2 bridgehead atoms. The number of fused-ring (bicyclic) bond motifs is 7. The van der Waals surface area contributed by atoms with Crippen LogP contribution in [-0.4, -0.2) is 113 Å². The predicted molar refractivity (Wildman–Crippen MR) is 153 cm³/mol. The maximum atomic E-state index is 14.0. The van der Waals surface area contributed by atoms with Crippen molar-refractivity contribution in [2.45, 2.75) is 107 Å². The lowest BCUT2D eigenvalue weighted by Crippen LogP contribution is -2.77. The number of methoxy groups -OCH3 is 1. The first kappa shape index (κ1) is 31.7. The van der Waals surface area contributed by atoms with E-state index in [1.54, 1.807) is 32.9 Å². The number of allylic oxidation sites excluding steroid dienone is 1. The van der Waals surface area contributed by atoms with Gasteiger partial charge in [-0.2, -0.15) is 0 Å². The maximum absolute atomic E-state index is 14.0. The van der Waals surface area contributed by atoms with E-state index in [-0.39, 0.29) is 19.6 Å². The summed E-state index contributed by atoms with van der Waals surface area (Å²) in [7, 11) is 1.22. The van der Waals surface area contributed by atoms with Crippen LogP contribution < -0.4 is 0 Å². The molecule has 0 unspecified atom stereocenters. The number of aliphatic hydroxyl groups excluding tert-OH is 2. The lowest BCUT2D eigenvalue weighted by Gasteiger charge is -2.65. The molecule has 8 aliphatic rings. The fourth-order valence-electron chi connectivity index (χ4n) is 11.7. The van der Waals surface area contributed by atoms with Crippen molar-refractivity contribution >= 4 is 17.9 Å². The molecule has 258 valence electrons. The maximum Gasteiger partial charge on any atom is 0.333 e. The fourth-order valence-corrected chi connectivity index (χ4v) is 11.7. The van der Waals surface area contributed by atoms with Gasteiger partial charge in [-0.25, -0.2) is 4.79 Å². The van der Waals surface area contributed by atoms with Crippen LogP contribution in [0.1, 0.15) is 47.5 Å². The minimum absolute atomic E-state index is 0.128. The van der Waals surface area contributed by atoms with Gasteiger partial charge < -0.3 is 53.2 Å². The van der Waals surface area contributed by atoms with Crippen molar-refractivity contribution in [1.29, 1.82) is 0 Å². The summed E-state index contributed by atoms with van der Waals surface area (Å²) in [5.41, 5.74) is -7.94. The van der Waals surface area contributed by atoms with Crippen LogP contribution in [0.3, 0.4) is 0 Å². The Kier molecular flexibility index (Phi) is 6.44. The Bertz CT molecular complexity index is 1490. The van der Waals surface area contributed by atoms with Crippen molar-refractivity contribution < 1.29 is 67.6 Å². The molecule has 0 aromatic heterocycles. The molecule has 0 aromatic rings. The number of hydrogen-bond donors (Lipinski definition) is 3. The molecule has 4 saturated heterocycles. The third-order valence-electron chi connectivity index (χ3n) is 13.6. The lowest BCUT2D eigenvalue weighted by atomic mass is 9.38. The highest BCUT2D eigenvalue weighted by Gasteiger charge is 2.95. The Balaban J connectivity index is 1.34. The van der Waals surface area contributed by atoms with Crippen molar-refractivity contribution in [3.63, 3.8) is 0 Å². The summed E-state index contributed by atoms with van der Waals surface area (Å²) in [6.07, 6.45) is -3.09. The molecule has 5 aliphatic heterocycles. The van der Waals surface area contributed by atoms with E-state index >= 15 is 0 Å². The molecule has 8 rings (SSSR count). The zero-order valence-corrected chi connectivity index (χ0v) is 27.2. The Morgan fingerprint density at radius 3 is 2.43 bits per heavy atom. The van der Waals surface area contributed by atoms with E-state index in [0.29, 0.717) is 12.0 Å². The van der Waals surface area contributed by atoms with Crippen molar-refractivity contribution in [3.05, 3.63) is 24.0 Å². The quantitative estimate of drug-likeness (QED) is 0.157. The van der Waals surface area contributed by atoms with E-state index in [1.807, 2.05) is 6.92 Å². The van der Waals surface area contributed by atoms with E-state index < -0.39 is 112 Å². The van der Waals surface area contributed by atoms with Crippen molar-refractivity contribution in [2.24, 2.45) is 34.0 Å². The second-order valence-corrected chi connectivity index (χ2v) is 15.0. The van der Waals surface area contributed by atoms with Crippen molar-refractivity contribution in [2.75, 3.05) is 20.3 Å². The van der Waals surface area contributed by atoms with Gasteiger partial charge in [-0.05, 0) is 33.3 Å². The van der Waals surface area contributed by atoms with E-state index in [2.05, 4.69) is 0 Å². The zero-order chi connectivity index (χ0) is 33.7. The molecule has 3 aliphatic carbocycles. The SMILES string of the molecule is C/C=C(\C)C(=O)O[C@H]1C[C@@H](OC(C)=O)[C@@]2(C(=O)OC)CO[C@H]3[C@@H](O)[C@@](C)([C@]45O[C@@]4(C)[C@H]4C[C@@H]5O[C@@H]5OC=C[C@@]54O)[C@@H]4[C@H](O)OC[C@@]14[C@@H]32. The Morgan fingerprint density at radius 2 is 1.74 bits per heavy atom. The van der Waals surface area contributed by atoms with Crippen LogP contribution >= 0.6 is 0 Å². The number of aliphatic hydroxyl groups is 3. The summed E-state index contributed by atoms with van der Waals surface area (Å²) in [4.78, 5) is 40.0. The highest BCUT2D eigenvalue weighted by Crippen LogP contribution is 2.82. The van der Waals surface area contributed by atoms with Gasteiger partial charge >= 0.3 is 17.9 Å². The molecule has 3 N–H and O–H groups in total. The summed E-state index contributed by atoms with van der Waals surface area (Å²) in [6.45, 7) is 7.74. The number of hydrogen-bond acceptors (Lipinski definition) is 14. The van der Waals surface area contributed by atoms with Crippen molar-refractivity contribution in [3.8, 4) is 0 Å². The van der Waals surface area contributed by atoms with E-state index in [9.17, 15) is 29.7 Å². The number of carbonyl (C=O) groups is 3. The second kappa shape index (κ2) is 9.55. The first-order valence-corrected chi connectivity index (χ1v) is 16.2. The molecule has 5 heterocycles. The number of carbonyl (C=O) groups excluding carboxylic acids is 3. The Labute approximate surface area is 271 Å². The van der Waals surface area contributed by atoms with Crippen LogP contribution in [-0.2, 0) is 52.3 Å². The van der Waals surface area contributed by atoms with Gasteiger partial charge in [-0.15, -0.1) is 0 Å². The number of esters is 3. The molecule has 47 heavy (non-hydrogen) atoms. The van der Waals surface area contributed by atoms with Crippen LogP contribution in [0.25, 0.3) is 0 Å². The van der Waals surface area contributed by atoms with Gasteiger partial charge in [0.15, 0.2) is 11.9 Å². The summed E-state index contributed by atoms with van der Waals surface area (Å²) in [5.74, 6) is -4.53. The average Bonchev–Trinajstić information content (AvgIpc) is 3.43. The van der Waals surface area contributed by atoms with Gasteiger partial charge in [0.2, 0.25) is 6.29 Å². The molecule has 7 fully saturated rings. The summed E-state index contributed by atoms with van der Waals surface area (Å²) in [5, 5.41) is 36.4. The minimum atomic E-state index is -1.63. The van der Waals surface area contributed by atoms with E-state index in [0.717, 1.165) is 0 Å². The molecule has 0 amide bonds. The minimum Gasteiger partial charge on any atom is -0.469 e. The summed E-state index contributed by atoms with van der Waals surface area (Å²) >= 11 is 0. The Morgan fingerprint density at radius 1 is 1.00 bits per heavy atom. The molecule has 3 saturated carbocycles. The van der Waals surface area contributed by atoms with Gasteiger partial charge in [0.1, 0.15) is 28.8 Å².